The van der Waals surface area contributed by atoms with E-state index in [4.69, 9.17) is 23.2 Å². The Kier molecular flexibility index (Phi) is 9.67. The van der Waals surface area contributed by atoms with Crippen LogP contribution in [0.5, 0.6) is 0 Å². The summed E-state index contributed by atoms with van der Waals surface area (Å²) in [6, 6.07) is 24.7. The summed E-state index contributed by atoms with van der Waals surface area (Å²) in [4.78, 5) is 25.7. The van der Waals surface area contributed by atoms with Crippen molar-refractivity contribution in [1.82, 2.24) is 5.43 Å². The van der Waals surface area contributed by atoms with Crippen molar-refractivity contribution in [3.63, 3.8) is 0 Å². The van der Waals surface area contributed by atoms with Gasteiger partial charge in [0.15, 0.2) is 0 Å². The van der Waals surface area contributed by atoms with Gasteiger partial charge in [0.1, 0.15) is 6.54 Å². The van der Waals surface area contributed by atoms with Gasteiger partial charge in [0.05, 0.1) is 16.3 Å². The molecule has 0 heterocycles. The highest BCUT2D eigenvalue weighted by molar-refractivity contribution is 7.92. The van der Waals surface area contributed by atoms with Crippen molar-refractivity contribution in [3.05, 3.63) is 123 Å². The van der Waals surface area contributed by atoms with Crippen LogP contribution in [0.4, 0.5) is 11.4 Å². The highest BCUT2D eigenvalue weighted by Gasteiger charge is 2.28. The number of nitrogens with zero attached hydrogens (tertiary/aromatic N) is 2. The third-order valence-corrected chi connectivity index (χ3v) is 8.54. The molecule has 0 saturated carbocycles. The summed E-state index contributed by atoms with van der Waals surface area (Å²) >= 11 is 12.1. The molecule has 0 radical (unpaired) electrons. The number of nitrogens with one attached hydrogen (secondary N) is 2. The maximum atomic E-state index is 13.7. The molecular weight excluding hydrogens is 595 g/mol. The molecular formula is C31H28Cl2N4O4S. The second-order valence-corrected chi connectivity index (χ2v) is 12.3. The summed E-state index contributed by atoms with van der Waals surface area (Å²) in [5.41, 5.74) is 6.27. The lowest BCUT2D eigenvalue weighted by molar-refractivity contribution is -0.119. The largest absolute Gasteiger partial charge is 0.322 e. The zero-order valence-electron chi connectivity index (χ0n) is 23.1. The Morgan fingerprint density at radius 1 is 0.833 bits per heavy atom. The quantitative estimate of drug-likeness (QED) is 0.162. The van der Waals surface area contributed by atoms with Crippen LogP contribution in [0.3, 0.4) is 0 Å². The number of hydrogen-bond donors (Lipinski definition) is 2. The second kappa shape index (κ2) is 13.2. The van der Waals surface area contributed by atoms with Gasteiger partial charge in [-0.05, 0) is 92.6 Å². The number of rotatable bonds is 9. The number of aryl methyl sites for hydroxylation is 2. The summed E-state index contributed by atoms with van der Waals surface area (Å²) in [7, 11) is -4.10. The molecule has 0 saturated heterocycles. The number of benzene rings is 4. The number of anilines is 2. The fourth-order valence-electron chi connectivity index (χ4n) is 4.07. The van der Waals surface area contributed by atoms with Gasteiger partial charge < -0.3 is 5.32 Å². The van der Waals surface area contributed by atoms with Crippen LogP contribution < -0.4 is 15.0 Å². The molecule has 4 aromatic carbocycles. The molecule has 216 valence electrons. The SMILES string of the molecule is C/C(=N/NC(=O)CN(c1ccc(Cl)cc1C)S(=O)(=O)c1ccc(C)cc1)c1cccc(NC(=O)c2cccc(Cl)c2)c1. The maximum Gasteiger partial charge on any atom is 0.264 e. The van der Waals surface area contributed by atoms with Gasteiger partial charge in [0.2, 0.25) is 0 Å². The standard InChI is InChI=1S/C31H28Cl2N4O4S/c1-20-10-13-28(14-11-20)42(40,41)37(29-15-12-26(33)16-21(29)2)19-30(38)36-35-22(3)23-6-5-9-27(18-23)34-31(39)24-7-4-8-25(32)17-24/h4-18H,19H2,1-3H3,(H,34,39)(H,36,38)/b35-22-. The molecule has 4 aromatic rings. The predicted octanol–water partition coefficient (Wildman–Crippen LogP) is 6.60. The van der Waals surface area contributed by atoms with Crippen molar-refractivity contribution in [3.8, 4) is 0 Å². The number of halogens is 2. The number of sulfonamides is 1. The van der Waals surface area contributed by atoms with Crippen LogP contribution in [0.15, 0.2) is 101 Å². The molecule has 0 aliphatic rings. The predicted molar refractivity (Wildman–Crippen MR) is 168 cm³/mol. The number of hydrazone groups is 1. The van der Waals surface area contributed by atoms with Crippen molar-refractivity contribution < 1.29 is 18.0 Å². The topological polar surface area (TPSA) is 108 Å². The molecule has 2 N–H and O–H groups in total. The normalized spacial score (nSPS) is 11.6. The van der Waals surface area contributed by atoms with Crippen molar-refractivity contribution in [2.75, 3.05) is 16.2 Å². The van der Waals surface area contributed by atoms with Crippen molar-refractivity contribution >= 4 is 62.1 Å². The van der Waals surface area contributed by atoms with Gasteiger partial charge in [0.25, 0.3) is 21.8 Å². The second-order valence-electron chi connectivity index (χ2n) is 9.53. The van der Waals surface area contributed by atoms with Crippen molar-refractivity contribution in [2.24, 2.45) is 5.10 Å². The van der Waals surface area contributed by atoms with Crippen molar-refractivity contribution in [2.45, 2.75) is 25.7 Å². The van der Waals surface area contributed by atoms with Gasteiger partial charge in [-0.25, -0.2) is 13.8 Å². The van der Waals surface area contributed by atoms with E-state index in [1.165, 1.54) is 12.1 Å². The molecule has 0 aromatic heterocycles. The minimum absolute atomic E-state index is 0.0477. The monoisotopic (exact) mass is 622 g/mol. The van der Waals surface area contributed by atoms with Crippen LogP contribution in [0.25, 0.3) is 0 Å². The van der Waals surface area contributed by atoms with Crippen LogP contribution in [0.1, 0.15) is 34.0 Å². The minimum Gasteiger partial charge on any atom is -0.322 e. The van der Waals surface area contributed by atoms with E-state index in [1.54, 1.807) is 92.7 Å². The summed E-state index contributed by atoms with van der Waals surface area (Å²) in [5.74, 6) is -0.977. The van der Waals surface area contributed by atoms with Gasteiger partial charge >= 0.3 is 0 Å². The van der Waals surface area contributed by atoms with Crippen LogP contribution in [0, 0.1) is 13.8 Å². The first-order valence-electron chi connectivity index (χ1n) is 12.8. The Morgan fingerprint density at radius 3 is 2.19 bits per heavy atom. The van der Waals surface area contributed by atoms with Crippen LogP contribution in [0.2, 0.25) is 10.0 Å². The number of hydrogen-bond acceptors (Lipinski definition) is 5. The number of carbonyl (C=O) groups is 2. The first kappa shape index (κ1) is 30.8. The van der Waals surface area contributed by atoms with E-state index in [1.807, 2.05) is 6.92 Å². The average Bonchev–Trinajstić information content (AvgIpc) is 2.95. The first-order valence-corrected chi connectivity index (χ1v) is 15.0. The minimum atomic E-state index is -4.10. The lowest BCUT2D eigenvalue weighted by Gasteiger charge is -2.25. The van der Waals surface area contributed by atoms with Gasteiger partial charge in [-0.3, -0.25) is 13.9 Å². The van der Waals surface area contributed by atoms with E-state index < -0.39 is 22.5 Å². The highest BCUT2D eigenvalue weighted by Crippen LogP contribution is 2.29. The van der Waals surface area contributed by atoms with E-state index in [0.717, 1.165) is 9.87 Å². The zero-order chi connectivity index (χ0) is 30.4. The number of carbonyl (C=O) groups excluding carboxylic acids is 2. The smallest absolute Gasteiger partial charge is 0.264 e. The molecule has 0 spiro atoms. The van der Waals surface area contributed by atoms with Crippen molar-refractivity contribution in [1.29, 1.82) is 0 Å². The Morgan fingerprint density at radius 2 is 1.50 bits per heavy atom. The third kappa shape index (κ3) is 7.55. The third-order valence-electron chi connectivity index (χ3n) is 6.30. The summed E-state index contributed by atoms with van der Waals surface area (Å²) in [6.07, 6.45) is 0. The summed E-state index contributed by atoms with van der Waals surface area (Å²) in [6.45, 7) is 4.74. The molecule has 0 bridgehead atoms. The molecule has 2 amide bonds. The van der Waals surface area contributed by atoms with Gasteiger partial charge in [-0.1, -0.05) is 59.1 Å². The van der Waals surface area contributed by atoms with Crippen LogP contribution >= 0.6 is 23.2 Å². The van der Waals surface area contributed by atoms with Gasteiger partial charge in [0, 0.05) is 21.3 Å². The van der Waals surface area contributed by atoms with Crippen LogP contribution in [-0.2, 0) is 14.8 Å². The fraction of sp³-hybridized carbons (Fsp3) is 0.129. The molecule has 0 fully saturated rings. The van der Waals surface area contributed by atoms with E-state index in [9.17, 15) is 18.0 Å². The Labute approximate surface area is 255 Å². The summed E-state index contributed by atoms with van der Waals surface area (Å²) < 4.78 is 28.4. The molecule has 8 nitrogen and oxygen atoms in total. The van der Waals surface area contributed by atoms with E-state index >= 15 is 0 Å². The lowest BCUT2D eigenvalue weighted by atomic mass is 10.1. The molecule has 4 rings (SSSR count). The van der Waals surface area contributed by atoms with Gasteiger partial charge in [-0.2, -0.15) is 5.10 Å². The van der Waals surface area contributed by atoms with Crippen LogP contribution in [-0.4, -0.2) is 32.5 Å². The first-order chi connectivity index (χ1) is 19.9. The van der Waals surface area contributed by atoms with E-state index in [0.29, 0.717) is 43.8 Å². The Balaban J connectivity index is 1.53. The summed E-state index contributed by atoms with van der Waals surface area (Å²) in [5, 5.41) is 7.88. The molecule has 0 aliphatic heterocycles. The highest BCUT2D eigenvalue weighted by atomic mass is 35.5. The Hall–Kier alpha value is -4.18. The molecule has 0 unspecified atom stereocenters. The molecule has 0 atom stereocenters. The number of amides is 2. The maximum absolute atomic E-state index is 13.7. The average molecular weight is 624 g/mol. The van der Waals surface area contributed by atoms with E-state index in [2.05, 4.69) is 15.8 Å². The zero-order valence-corrected chi connectivity index (χ0v) is 25.4. The lowest BCUT2D eigenvalue weighted by Crippen LogP contribution is -2.40. The fourth-order valence-corrected chi connectivity index (χ4v) is 5.97. The Bertz CT molecular complexity index is 1770. The molecule has 0 aliphatic carbocycles. The molecule has 42 heavy (non-hydrogen) atoms. The molecule has 11 heteroatoms. The van der Waals surface area contributed by atoms with E-state index in [-0.39, 0.29) is 10.8 Å². The van der Waals surface area contributed by atoms with Gasteiger partial charge in [-0.15, -0.1) is 0 Å².